The van der Waals surface area contributed by atoms with E-state index in [1.807, 2.05) is 43.0 Å². The average Bonchev–Trinajstić information content (AvgIpc) is 3.30. The first-order chi connectivity index (χ1) is 14.3. The van der Waals surface area contributed by atoms with Crippen molar-refractivity contribution in [2.75, 3.05) is 0 Å². The zero-order valence-corrected chi connectivity index (χ0v) is 17.6. The number of nitrogens with one attached hydrogen (secondary N) is 1. The number of amides is 1. The molecule has 2 bridgehead atoms. The van der Waals surface area contributed by atoms with Gasteiger partial charge >= 0.3 is 0 Å². The van der Waals surface area contributed by atoms with Crippen LogP contribution in [-0.2, 0) is 5.41 Å². The molecule has 30 heavy (non-hydrogen) atoms. The summed E-state index contributed by atoms with van der Waals surface area (Å²) < 4.78 is 0. The molecule has 2 fully saturated rings. The molecule has 1 aromatic heterocycles. The molecule has 0 aliphatic carbocycles. The van der Waals surface area contributed by atoms with Gasteiger partial charge in [-0.25, -0.2) is 0 Å². The minimum Gasteiger partial charge on any atom is -0.347 e. The van der Waals surface area contributed by atoms with Crippen molar-refractivity contribution in [2.24, 2.45) is 0 Å². The van der Waals surface area contributed by atoms with Gasteiger partial charge < -0.3 is 10.2 Å². The second kappa shape index (κ2) is 7.63. The Hall–Kier alpha value is -3.09. The predicted octanol–water partition coefficient (Wildman–Crippen LogP) is 4.02. The number of nitrogens with zero attached hydrogens (tertiary/aromatic N) is 4. The lowest BCUT2D eigenvalue weighted by Gasteiger charge is -2.22. The van der Waals surface area contributed by atoms with Crippen molar-refractivity contribution in [3.05, 3.63) is 52.7 Å². The van der Waals surface area contributed by atoms with E-state index >= 15 is 0 Å². The number of benzene rings is 1. The fourth-order valence-electron chi connectivity index (χ4n) is 4.41. The Kier molecular flexibility index (Phi) is 5.13. The number of halogens is 1. The van der Waals surface area contributed by atoms with Crippen molar-refractivity contribution in [2.45, 2.75) is 56.7 Å². The van der Waals surface area contributed by atoms with Gasteiger partial charge in [0.15, 0.2) is 6.19 Å². The maximum absolute atomic E-state index is 12.8. The van der Waals surface area contributed by atoms with Crippen LogP contribution >= 0.6 is 11.6 Å². The first-order valence-electron chi connectivity index (χ1n) is 10.0. The first-order valence-corrected chi connectivity index (χ1v) is 10.4. The normalized spacial score (nSPS) is 22.4. The Morgan fingerprint density at radius 1 is 1.27 bits per heavy atom. The second-order valence-electron chi connectivity index (χ2n) is 8.46. The highest BCUT2D eigenvalue weighted by molar-refractivity contribution is 6.34. The van der Waals surface area contributed by atoms with E-state index in [1.165, 1.54) is 0 Å². The number of pyridine rings is 1. The highest BCUT2D eigenvalue weighted by Crippen LogP contribution is 2.37. The lowest BCUT2D eigenvalue weighted by Crippen LogP contribution is -2.43. The fraction of sp³-hybridized carbons (Fsp3) is 0.391. The molecule has 0 unspecified atom stereocenters. The third-order valence-electron chi connectivity index (χ3n) is 6.15. The van der Waals surface area contributed by atoms with E-state index in [-0.39, 0.29) is 24.0 Å². The molecule has 1 aromatic carbocycles. The lowest BCUT2D eigenvalue weighted by atomic mass is 9.90. The molecule has 0 spiro atoms. The monoisotopic (exact) mass is 419 g/mol. The summed E-state index contributed by atoms with van der Waals surface area (Å²) in [5.41, 5.74) is 1.86. The van der Waals surface area contributed by atoms with Gasteiger partial charge in [0.05, 0.1) is 45.5 Å². The van der Waals surface area contributed by atoms with Crippen LogP contribution in [0.4, 0.5) is 0 Å². The van der Waals surface area contributed by atoms with Crippen LogP contribution in [0.15, 0.2) is 36.4 Å². The van der Waals surface area contributed by atoms with Crippen LogP contribution in [0.3, 0.4) is 0 Å². The Balaban J connectivity index is 1.53. The molecule has 6 nitrogen and oxygen atoms in total. The summed E-state index contributed by atoms with van der Waals surface area (Å²) in [4.78, 5) is 19.2. The largest absolute Gasteiger partial charge is 0.347 e. The third-order valence-corrected chi connectivity index (χ3v) is 6.46. The van der Waals surface area contributed by atoms with Crippen LogP contribution in [0.2, 0.25) is 5.02 Å². The Morgan fingerprint density at radius 2 is 2.07 bits per heavy atom. The molecular formula is C23H22ClN5O. The van der Waals surface area contributed by atoms with Gasteiger partial charge in [-0.3, -0.25) is 9.78 Å². The van der Waals surface area contributed by atoms with Crippen LogP contribution in [-0.4, -0.2) is 33.9 Å². The Bertz CT molecular complexity index is 1080. The molecule has 1 N–H and O–H groups in total. The number of carbonyl (C=O) groups is 1. The van der Waals surface area contributed by atoms with Gasteiger partial charge in [0, 0.05) is 11.6 Å². The van der Waals surface area contributed by atoms with Crippen LogP contribution in [0, 0.1) is 22.8 Å². The molecule has 0 radical (unpaired) electrons. The molecule has 1 amide bonds. The van der Waals surface area contributed by atoms with Crippen molar-refractivity contribution < 1.29 is 4.79 Å². The maximum atomic E-state index is 12.8. The predicted molar refractivity (Wildman–Crippen MR) is 113 cm³/mol. The summed E-state index contributed by atoms with van der Waals surface area (Å²) in [7, 11) is 0. The number of nitriles is 2. The van der Waals surface area contributed by atoms with Gasteiger partial charge in [-0.2, -0.15) is 10.5 Å². The minimum absolute atomic E-state index is 0.0294. The SMILES string of the molecule is CC(C)(C#N)c1cccc(-c2ccc(C(=O)N[C@@H]3C[C@@H]4CC[C@H]3N4C#N)c(Cl)c2)n1. The van der Waals surface area contributed by atoms with Gasteiger partial charge in [-0.05, 0) is 57.4 Å². The van der Waals surface area contributed by atoms with Crippen molar-refractivity contribution >= 4 is 17.5 Å². The number of aromatic nitrogens is 1. The highest BCUT2D eigenvalue weighted by atomic mass is 35.5. The summed E-state index contributed by atoms with van der Waals surface area (Å²) in [6.45, 7) is 3.64. The molecule has 2 saturated heterocycles. The molecule has 7 heteroatoms. The topological polar surface area (TPSA) is 92.8 Å². The molecular weight excluding hydrogens is 398 g/mol. The smallest absolute Gasteiger partial charge is 0.253 e. The van der Waals surface area contributed by atoms with Gasteiger partial charge in [0.25, 0.3) is 5.91 Å². The third kappa shape index (κ3) is 3.49. The molecule has 3 atom stereocenters. The van der Waals surface area contributed by atoms with Gasteiger partial charge in [-0.15, -0.1) is 0 Å². The molecule has 2 aliphatic heterocycles. The van der Waals surface area contributed by atoms with Crippen LogP contribution < -0.4 is 5.32 Å². The van der Waals surface area contributed by atoms with E-state index in [0.29, 0.717) is 22.0 Å². The van der Waals surface area contributed by atoms with E-state index in [4.69, 9.17) is 11.6 Å². The second-order valence-corrected chi connectivity index (χ2v) is 8.87. The fourth-order valence-corrected chi connectivity index (χ4v) is 4.67. The number of hydrogen-bond donors (Lipinski definition) is 1. The summed E-state index contributed by atoms with van der Waals surface area (Å²) in [6.07, 6.45) is 4.99. The lowest BCUT2D eigenvalue weighted by molar-refractivity contribution is 0.0928. The summed E-state index contributed by atoms with van der Waals surface area (Å²) in [5, 5.41) is 22.1. The molecule has 152 valence electrons. The van der Waals surface area contributed by atoms with Crippen LogP contribution in [0.1, 0.15) is 49.2 Å². The van der Waals surface area contributed by atoms with Crippen molar-refractivity contribution in [3.63, 3.8) is 0 Å². The molecule has 3 heterocycles. The average molecular weight is 420 g/mol. The zero-order chi connectivity index (χ0) is 21.5. The maximum Gasteiger partial charge on any atom is 0.253 e. The van der Waals surface area contributed by atoms with E-state index < -0.39 is 5.41 Å². The highest BCUT2D eigenvalue weighted by Gasteiger charge is 2.46. The van der Waals surface area contributed by atoms with Gasteiger partial charge in [0.1, 0.15) is 0 Å². The van der Waals surface area contributed by atoms with Gasteiger partial charge in [0.2, 0.25) is 0 Å². The quantitative estimate of drug-likeness (QED) is 0.755. The number of carbonyl (C=O) groups excluding carboxylic acids is 1. The van der Waals surface area contributed by atoms with E-state index in [1.54, 1.807) is 12.1 Å². The van der Waals surface area contributed by atoms with Crippen molar-refractivity contribution in [3.8, 4) is 23.5 Å². The molecule has 0 saturated carbocycles. The van der Waals surface area contributed by atoms with Crippen molar-refractivity contribution in [1.82, 2.24) is 15.2 Å². The van der Waals surface area contributed by atoms with E-state index in [9.17, 15) is 15.3 Å². The molecule has 2 aliphatic rings. The zero-order valence-electron chi connectivity index (χ0n) is 16.9. The van der Waals surface area contributed by atoms with Gasteiger partial charge in [-0.1, -0.05) is 23.7 Å². The summed E-state index contributed by atoms with van der Waals surface area (Å²) in [6, 6.07) is 13.3. The minimum atomic E-state index is -0.697. The van der Waals surface area contributed by atoms with Crippen molar-refractivity contribution in [1.29, 1.82) is 10.5 Å². The standard InChI is InChI=1S/C23H22ClN5O/c1-23(2,12-25)21-5-3-4-18(27-21)14-6-8-16(17(24)10-14)22(30)28-19-11-15-7-9-20(19)29(15)13-26/h3-6,8,10,15,19-20H,7,9,11H2,1-2H3,(H,28,30)/t15-,19+,20+/m0/s1. The van der Waals surface area contributed by atoms with E-state index in [2.05, 4.69) is 22.6 Å². The van der Waals surface area contributed by atoms with Crippen LogP contribution in [0.25, 0.3) is 11.3 Å². The summed E-state index contributed by atoms with van der Waals surface area (Å²) in [5.74, 6) is -0.227. The van der Waals surface area contributed by atoms with Crippen LogP contribution in [0.5, 0.6) is 0 Å². The first kappa shape index (κ1) is 20.2. The summed E-state index contributed by atoms with van der Waals surface area (Å²) >= 11 is 6.45. The van der Waals surface area contributed by atoms with E-state index in [0.717, 1.165) is 24.8 Å². The number of fused-ring (bicyclic) bond motifs is 2. The molecule has 4 rings (SSSR count). The molecule has 2 aromatic rings. The number of hydrogen-bond acceptors (Lipinski definition) is 5. The Morgan fingerprint density at radius 3 is 2.73 bits per heavy atom. The number of rotatable bonds is 4. The Labute approximate surface area is 181 Å².